The number of hydrogen-bond donors (Lipinski definition) is 3. The Hall–Kier alpha value is -1.35. The van der Waals surface area contributed by atoms with Crippen LogP contribution in [-0.2, 0) is 6.42 Å². The maximum atomic E-state index is 13.4. The molecule has 7 heteroatoms. The molecule has 0 amide bonds. The number of aliphatic imine (C=N–C) groups is 1. The van der Waals surface area contributed by atoms with Crippen LogP contribution in [0.4, 0.5) is 4.39 Å². The molecule has 146 valence electrons. The number of rotatable bonds is 8. The lowest BCUT2D eigenvalue weighted by molar-refractivity contribution is 0.255. The van der Waals surface area contributed by atoms with Gasteiger partial charge in [-0.1, -0.05) is 6.92 Å². The van der Waals surface area contributed by atoms with Crippen molar-refractivity contribution in [2.24, 2.45) is 4.99 Å². The van der Waals surface area contributed by atoms with Crippen molar-refractivity contribution in [3.8, 4) is 0 Å². The van der Waals surface area contributed by atoms with Crippen molar-refractivity contribution in [3.05, 3.63) is 35.8 Å². The molecule has 0 spiro atoms. The Labute approximate surface area is 172 Å². The minimum absolute atomic E-state index is 0. The van der Waals surface area contributed by atoms with Gasteiger partial charge in [-0.3, -0.25) is 4.99 Å². The van der Waals surface area contributed by atoms with Gasteiger partial charge in [0.25, 0.3) is 0 Å². The number of likely N-dealkylation sites (N-methyl/N-ethyl adjacent to an activating group) is 1. The number of nitrogens with one attached hydrogen (secondary N) is 3. The van der Waals surface area contributed by atoms with E-state index in [1.807, 2.05) is 6.20 Å². The van der Waals surface area contributed by atoms with Gasteiger partial charge in [0.1, 0.15) is 5.82 Å². The van der Waals surface area contributed by atoms with E-state index in [1.54, 1.807) is 19.2 Å². The van der Waals surface area contributed by atoms with Gasteiger partial charge in [0, 0.05) is 49.8 Å². The predicted octanol–water partition coefficient (Wildman–Crippen LogP) is 3.36. The lowest BCUT2D eigenvalue weighted by Crippen LogP contribution is -2.42. The smallest absolute Gasteiger partial charge is 0.191 e. The van der Waals surface area contributed by atoms with Crippen molar-refractivity contribution < 1.29 is 4.39 Å². The summed E-state index contributed by atoms with van der Waals surface area (Å²) in [6.07, 6.45) is 3.90. The van der Waals surface area contributed by atoms with Crippen LogP contribution in [-0.4, -0.2) is 55.6 Å². The average molecular weight is 475 g/mol. The molecule has 0 fully saturated rings. The van der Waals surface area contributed by atoms with Crippen molar-refractivity contribution in [1.29, 1.82) is 0 Å². The summed E-state index contributed by atoms with van der Waals surface area (Å²) in [7, 11) is 3.91. The number of aromatic amines is 1. The van der Waals surface area contributed by atoms with Crippen molar-refractivity contribution in [2.45, 2.75) is 32.7 Å². The Balaban J connectivity index is 0.00000338. The molecule has 0 aliphatic carbocycles. The van der Waals surface area contributed by atoms with Gasteiger partial charge in [0.05, 0.1) is 0 Å². The van der Waals surface area contributed by atoms with E-state index in [1.165, 1.54) is 6.07 Å². The first-order valence-corrected chi connectivity index (χ1v) is 8.95. The minimum atomic E-state index is -0.204. The molecule has 1 unspecified atom stereocenters. The lowest BCUT2D eigenvalue weighted by atomic mass is 10.1. The van der Waals surface area contributed by atoms with Crippen molar-refractivity contribution in [3.63, 3.8) is 0 Å². The van der Waals surface area contributed by atoms with Crippen LogP contribution >= 0.6 is 24.0 Å². The third kappa shape index (κ3) is 6.42. The zero-order valence-corrected chi connectivity index (χ0v) is 18.4. The molecule has 3 N–H and O–H groups in total. The number of H-pyrrole nitrogens is 1. The number of hydrogen-bond acceptors (Lipinski definition) is 2. The van der Waals surface area contributed by atoms with Crippen LogP contribution in [0.15, 0.2) is 29.4 Å². The second kappa shape index (κ2) is 11.4. The van der Waals surface area contributed by atoms with Gasteiger partial charge < -0.3 is 20.5 Å². The summed E-state index contributed by atoms with van der Waals surface area (Å²) in [5.74, 6) is 0.591. The molecule has 0 radical (unpaired) electrons. The van der Waals surface area contributed by atoms with Crippen LogP contribution < -0.4 is 10.6 Å². The van der Waals surface area contributed by atoms with Crippen LogP contribution in [0.3, 0.4) is 0 Å². The molecule has 0 aliphatic rings. The van der Waals surface area contributed by atoms with Crippen molar-refractivity contribution in [2.75, 3.05) is 33.7 Å². The highest BCUT2D eigenvalue weighted by atomic mass is 127. The van der Waals surface area contributed by atoms with Crippen LogP contribution in [0.2, 0.25) is 0 Å². The van der Waals surface area contributed by atoms with E-state index >= 15 is 0 Å². The molecule has 0 aliphatic heterocycles. The molecule has 2 aromatic rings. The predicted molar refractivity (Wildman–Crippen MR) is 119 cm³/mol. The molecule has 0 saturated heterocycles. The van der Waals surface area contributed by atoms with Gasteiger partial charge in [0.15, 0.2) is 5.96 Å². The monoisotopic (exact) mass is 475 g/mol. The van der Waals surface area contributed by atoms with Crippen LogP contribution in [0.25, 0.3) is 10.9 Å². The summed E-state index contributed by atoms with van der Waals surface area (Å²) < 4.78 is 13.4. The second-order valence-electron chi connectivity index (χ2n) is 6.42. The standard InChI is InChI=1S/C19H30FN5.HI/c1-5-14(2)25(4)11-10-23-19(21-3)22-9-8-15-13-24-18-7-6-16(20)12-17(15)18;/h6-7,12-14,24H,5,8-11H2,1-4H3,(H2,21,22,23);1H. The van der Waals surface area contributed by atoms with E-state index in [9.17, 15) is 4.39 Å². The molecule has 2 rings (SSSR count). The molecule has 1 heterocycles. The molecular weight excluding hydrogens is 444 g/mol. The number of guanidine groups is 1. The summed E-state index contributed by atoms with van der Waals surface area (Å²) in [6, 6.07) is 5.41. The highest BCUT2D eigenvalue weighted by Gasteiger charge is 2.07. The number of benzene rings is 1. The fourth-order valence-corrected chi connectivity index (χ4v) is 2.78. The van der Waals surface area contributed by atoms with E-state index < -0.39 is 0 Å². The number of fused-ring (bicyclic) bond motifs is 1. The molecule has 1 aromatic heterocycles. The molecule has 0 saturated carbocycles. The molecule has 1 atom stereocenters. The maximum absolute atomic E-state index is 13.4. The Morgan fingerprint density at radius 3 is 2.73 bits per heavy atom. The Kier molecular flexibility index (Phi) is 9.93. The first-order chi connectivity index (χ1) is 12.0. The first kappa shape index (κ1) is 22.7. The second-order valence-corrected chi connectivity index (χ2v) is 6.42. The quantitative estimate of drug-likeness (QED) is 0.312. The third-order valence-corrected chi connectivity index (χ3v) is 4.74. The number of halogens is 2. The third-order valence-electron chi connectivity index (χ3n) is 4.74. The van der Waals surface area contributed by atoms with Crippen LogP contribution in [0, 0.1) is 5.82 Å². The normalized spacial score (nSPS) is 12.9. The van der Waals surface area contributed by atoms with Crippen LogP contribution in [0.1, 0.15) is 25.8 Å². The van der Waals surface area contributed by atoms with Gasteiger partial charge in [-0.25, -0.2) is 4.39 Å². The fraction of sp³-hybridized carbons (Fsp3) is 0.526. The van der Waals surface area contributed by atoms with Gasteiger partial charge in [-0.2, -0.15) is 0 Å². The highest BCUT2D eigenvalue weighted by molar-refractivity contribution is 14.0. The van der Waals surface area contributed by atoms with E-state index in [4.69, 9.17) is 0 Å². The maximum Gasteiger partial charge on any atom is 0.191 e. The summed E-state index contributed by atoms with van der Waals surface area (Å²) in [5.41, 5.74) is 2.07. The van der Waals surface area contributed by atoms with Gasteiger partial charge in [-0.15, -0.1) is 24.0 Å². The van der Waals surface area contributed by atoms with Crippen molar-refractivity contribution >= 4 is 40.8 Å². The summed E-state index contributed by atoms with van der Waals surface area (Å²) in [5, 5.41) is 7.60. The Morgan fingerprint density at radius 1 is 1.31 bits per heavy atom. The first-order valence-electron chi connectivity index (χ1n) is 8.95. The number of nitrogens with zero attached hydrogens (tertiary/aromatic N) is 2. The van der Waals surface area contributed by atoms with Gasteiger partial charge in [-0.05, 0) is 50.6 Å². The van der Waals surface area contributed by atoms with E-state index in [-0.39, 0.29) is 29.8 Å². The van der Waals surface area contributed by atoms with Gasteiger partial charge >= 0.3 is 0 Å². The van der Waals surface area contributed by atoms with E-state index in [0.29, 0.717) is 6.04 Å². The fourth-order valence-electron chi connectivity index (χ4n) is 2.78. The summed E-state index contributed by atoms with van der Waals surface area (Å²) in [4.78, 5) is 9.77. The largest absolute Gasteiger partial charge is 0.361 e. The minimum Gasteiger partial charge on any atom is -0.361 e. The molecule has 5 nitrogen and oxygen atoms in total. The summed E-state index contributed by atoms with van der Waals surface area (Å²) in [6.45, 7) is 6.99. The highest BCUT2D eigenvalue weighted by Crippen LogP contribution is 2.19. The van der Waals surface area contributed by atoms with E-state index in [2.05, 4.69) is 46.4 Å². The zero-order chi connectivity index (χ0) is 18.2. The average Bonchev–Trinajstić information content (AvgIpc) is 3.01. The van der Waals surface area contributed by atoms with Crippen LogP contribution in [0.5, 0.6) is 0 Å². The molecular formula is C19H31FIN5. The Morgan fingerprint density at radius 2 is 2.04 bits per heavy atom. The van der Waals surface area contributed by atoms with Gasteiger partial charge in [0.2, 0.25) is 0 Å². The topological polar surface area (TPSA) is 55.4 Å². The molecule has 26 heavy (non-hydrogen) atoms. The molecule has 1 aromatic carbocycles. The summed E-state index contributed by atoms with van der Waals surface area (Å²) >= 11 is 0. The number of aromatic nitrogens is 1. The molecule has 0 bridgehead atoms. The SMILES string of the molecule is CCC(C)N(C)CCNC(=NC)NCCc1c[nH]c2ccc(F)cc12.I. The zero-order valence-electron chi connectivity index (χ0n) is 16.1. The van der Waals surface area contributed by atoms with E-state index in [0.717, 1.165) is 54.9 Å². The lowest BCUT2D eigenvalue weighted by Gasteiger charge is -2.23. The Bertz CT molecular complexity index is 700. The van der Waals surface area contributed by atoms with Crippen molar-refractivity contribution in [1.82, 2.24) is 20.5 Å².